The van der Waals surface area contributed by atoms with Crippen LogP contribution in [0.5, 0.6) is 5.75 Å². The summed E-state index contributed by atoms with van der Waals surface area (Å²) in [5, 5.41) is 10.3. The number of rotatable bonds is 9. The van der Waals surface area contributed by atoms with Gasteiger partial charge in [0.05, 0.1) is 17.4 Å². The lowest BCUT2D eigenvalue weighted by molar-refractivity contribution is 0.0494. The molecule has 0 fully saturated rings. The number of benzene rings is 1. The van der Waals surface area contributed by atoms with Crippen LogP contribution >= 0.6 is 34.5 Å². The van der Waals surface area contributed by atoms with Crippen molar-refractivity contribution in [2.45, 2.75) is 42.6 Å². The quantitative estimate of drug-likeness (QED) is 0.404. The van der Waals surface area contributed by atoms with E-state index in [2.05, 4.69) is 6.92 Å². The van der Waals surface area contributed by atoms with Crippen molar-refractivity contribution in [3.63, 3.8) is 0 Å². The standard InChI is InChI=1S/C18H20Cl2O5S2/c1-2-3-4-5-8-25-18(22)13-7-6-12(9-15(13)21)11-27(23,24)16-10-14(19)17(20)26-16/h6-7,9-10,21H,2-5,8,11H2,1H3. The Bertz CT molecular complexity index is 887. The third kappa shape index (κ3) is 6.10. The molecule has 0 unspecified atom stereocenters. The maximum absolute atomic E-state index is 12.4. The average molecular weight is 451 g/mol. The molecule has 2 rings (SSSR count). The van der Waals surface area contributed by atoms with E-state index in [1.807, 2.05) is 0 Å². The van der Waals surface area contributed by atoms with Gasteiger partial charge in [-0.1, -0.05) is 55.5 Å². The van der Waals surface area contributed by atoms with Crippen LogP contribution in [-0.2, 0) is 20.3 Å². The minimum Gasteiger partial charge on any atom is -0.507 e. The van der Waals surface area contributed by atoms with Crippen molar-refractivity contribution >= 4 is 50.3 Å². The van der Waals surface area contributed by atoms with E-state index < -0.39 is 15.8 Å². The van der Waals surface area contributed by atoms with E-state index in [1.165, 1.54) is 24.3 Å². The number of phenolic OH excluding ortho intramolecular Hbond substituents is 1. The van der Waals surface area contributed by atoms with Crippen LogP contribution in [0.3, 0.4) is 0 Å². The Morgan fingerprint density at radius 3 is 2.52 bits per heavy atom. The number of halogens is 2. The zero-order chi connectivity index (χ0) is 20.0. The fraction of sp³-hybridized carbons (Fsp3) is 0.389. The molecule has 0 saturated heterocycles. The number of thiophene rings is 1. The maximum Gasteiger partial charge on any atom is 0.341 e. The summed E-state index contributed by atoms with van der Waals surface area (Å²) in [5.41, 5.74) is 0.349. The molecule has 5 nitrogen and oxygen atoms in total. The summed E-state index contributed by atoms with van der Waals surface area (Å²) < 4.78 is 30.3. The van der Waals surface area contributed by atoms with Gasteiger partial charge in [-0.15, -0.1) is 11.3 Å². The second-order valence-electron chi connectivity index (χ2n) is 5.99. The number of carbonyl (C=O) groups is 1. The Balaban J connectivity index is 2.04. The molecule has 0 aliphatic carbocycles. The molecule has 0 spiro atoms. The van der Waals surface area contributed by atoms with Gasteiger partial charge in [-0.2, -0.15) is 0 Å². The van der Waals surface area contributed by atoms with E-state index in [-0.39, 0.29) is 37.2 Å². The van der Waals surface area contributed by atoms with Crippen LogP contribution < -0.4 is 0 Å². The van der Waals surface area contributed by atoms with Crippen molar-refractivity contribution in [3.8, 4) is 5.75 Å². The monoisotopic (exact) mass is 450 g/mol. The number of hydrogen-bond donors (Lipinski definition) is 1. The van der Waals surface area contributed by atoms with Gasteiger partial charge in [0.25, 0.3) is 0 Å². The van der Waals surface area contributed by atoms with Gasteiger partial charge in [0, 0.05) is 0 Å². The molecule has 9 heteroatoms. The van der Waals surface area contributed by atoms with Crippen molar-refractivity contribution in [1.29, 1.82) is 0 Å². The fourth-order valence-electron chi connectivity index (χ4n) is 2.38. The second-order valence-corrected chi connectivity index (χ2v) is 10.3. The summed E-state index contributed by atoms with van der Waals surface area (Å²) >= 11 is 12.5. The molecular formula is C18H20Cl2O5S2. The number of carbonyl (C=O) groups excluding carboxylic acids is 1. The van der Waals surface area contributed by atoms with Gasteiger partial charge in [-0.25, -0.2) is 13.2 Å². The summed E-state index contributed by atoms with van der Waals surface area (Å²) in [5.74, 6) is -1.29. The Morgan fingerprint density at radius 1 is 1.19 bits per heavy atom. The van der Waals surface area contributed by atoms with Gasteiger partial charge in [0.15, 0.2) is 9.84 Å². The van der Waals surface area contributed by atoms with Crippen molar-refractivity contribution in [3.05, 3.63) is 44.8 Å². The van der Waals surface area contributed by atoms with Crippen LogP contribution in [-0.4, -0.2) is 26.1 Å². The van der Waals surface area contributed by atoms with Gasteiger partial charge < -0.3 is 9.84 Å². The normalized spacial score (nSPS) is 11.5. The van der Waals surface area contributed by atoms with E-state index in [0.29, 0.717) is 5.56 Å². The molecule has 0 radical (unpaired) electrons. The summed E-state index contributed by atoms with van der Waals surface area (Å²) in [6.45, 7) is 2.38. The lowest BCUT2D eigenvalue weighted by Gasteiger charge is -2.08. The molecule has 2 aromatic rings. The van der Waals surface area contributed by atoms with E-state index >= 15 is 0 Å². The molecule has 0 atom stereocenters. The van der Waals surface area contributed by atoms with Gasteiger partial charge in [0.2, 0.25) is 0 Å². The lowest BCUT2D eigenvalue weighted by Crippen LogP contribution is -2.08. The van der Waals surface area contributed by atoms with Crippen molar-refractivity contribution in [2.75, 3.05) is 6.61 Å². The number of esters is 1. The van der Waals surface area contributed by atoms with Crippen LogP contribution in [0.2, 0.25) is 9.36 Å². The molecule has 0 amide bonds. The van der Waals surface area contributed by atoms with Gasteiger partial charge in [-0.3, -0.25) is 0 Å². The molecular weight excluding hydrogens is 431 g/mol. The van der Waals surface area contributed by atoms with E-state index in [0.717, 1.165) is 37.0 Å². The second kappa shape index (κ2) is 9.78. The van der Waals surface area contributed by atoms with Crippen LogP contribution in [0.15, 0.2) is 28.5 Å². The van der Waals surface area contributed by atoms with Gasteiger partial charge in [0.1, 0.15) is 19.9 Å². The number of unbranched alkanes of at least 4 members (excludes halogenated alkanes) is 3. The Kier molecular flexibility index (Phi) is 7.97. The number of hydrogen-bond acceptors (Lipinski definition) is 6. The molecule has 27 heavy (non-hydrogen) atoms. The summed E-state index contributed by atoms with van der Waals surface area (Å²) in [4.78, 5) is 12.0. The maximum atomic E-state index is 12.4. The van der Waals surface area contributed by atoms with Crippen LogP contribution in [0.25, 0.3) is 0 Å². The zero-order valence-corrected chi connectivity index (χ0v) is 17.8. The van der Waals surface area contributed by atoms with Gasteiger partial charge in [-0.05, 0) is 30.2 Å². The molecule has 1 aromatic heterocycles. The third-order valence-electron chi connectivity index (χ3n) is 3.80. The van der Waals surface area contributed by atoms with Crippen LogP contribution in [0.1, 0.15) is 48.5 Å². The summed E-state index contributed by atoms with van der Waals surface area (Å²) in [7, 11) is -3.67. The van der Waals surface area contributed by atoms with Gasteiger partial charge >= 0.3 is 5.97 Å². The van der Waals surface area contributed by atoms with Crippen molar-refractivity contribution in [2.24, 2.45) is 0 Å². The minimum absolute atomic E-state index is 0.00820. The topological polar surface area (TPSA) is 80.7 Å². The zero-order valence-electron chi connectivity index (χ0n) is 14.7. The molecule has 1 heterocycles. The first-order chi connectivity index (χ1) is 12.7. The first-order valence-corrected chi connectivity index (χ1v) is 11.6. The summed E-state index contributed by atoms with van der Waals surface area (Å²) in [6.07, 6.45) is 3.90. The SMILES string of the molecule is CCCCCCOC(=O)c1ccc(CS(=O)(=O)c2cc(Cl)c(Cl)s2)cc1O. The first kappa shape index (κ1) is 22.0. The lowest BCUT2D eigenvalue weighted by atomic mass is 10.1. The minimum atomic E-state index is -3.67. The molecule has 0 bridgehead atoms. The van der Waals surface area contributed by atoms with E-state index in [9.17, 15) is 18.3 Å². The van der Waals surface area contributed by atoms with Crippen molar-refractivity contribution < 1.29 is 23.1 Å². The molecule has 1 N–H and O–H groups in total. The highest BCUT2D eigenvalue weighted by Gasteiger charge is 2.21. The number of phenols is 1. The molecule has 0 saturated carbocycles. The summed E-state index contributed by atoms with van der Waals surface area (Å²) in [6, 6.07) is 5.39. The predicted molar refractivity (Wildman–Crippen MR) is 108 cm³/mol. The first-order valence-electron chi connectivity index (χ1n) is 8.41. The molecule has 148 valence electrons. The van der Waals surface area contributed by atoms with Crippen LogP contribution in [0, 0.1) is 0 Å². The number of aromatic hydroxyl groups is 1. The fourth-order valence-corrected chi connectivity index (χ4v) is 5.68. The smallest absolute Gasteiger partial charge is 0.341 e. The van der Waals surface area contributed by atoms with E-state index in [4.69, 9.17) is 27.9 Å². The van der Waals surface area contributed by atoms with Crippen LogP contribution in [0.4, 0.5) is 0 Å². The van der Waals surface area contributed by atoms with Crippen molar-refractivity contribution in [1.82, 2.24) is 0 Å². The third-order valence-corrected chi connectivity index (χ3v) is 7.92. The van der Waals surface area contributed by atoms with E-state index in [1.54, 1.807) is 0 Å². The highest BCUT2D eigenvalue weighted by Crippen LogP contribution is 2.36. The predicted octanol–water partition coefficient (Wildman–Crippen LogP) is 5.47. The molecule has 0 aliphatic heterocycles. The number of sulfone groups is 1. The Hall–Kier alpha value is -1.28. The highest BCUT2D eigenvalue weighted by molar-refractivity contribution is 7.92. The number of ether oxygens (including phenoxy) is 1. The average Bonchev–Trinajstić information content (AvgIpc) is 2.94. The Morgan fingerprint density at radius 2 is 1.93 bits per heavy atom. The Labute approximate surface area is 172 Å². The largest absolute Gasteiger partial charge is 0.507 e. The highest BCUT2D eigenvalue weighted by atomic mass is 35.5. The molecule has 0 aliphatic rings. The molecule has 1 aromatic carbocycles.